The zero-order valence-corrected chi connectivity index (χ0v) is 6.94. The molecule has 3 heteroatoms. The molecule has 0 saturated heterocycles. The summed E-state index contributed by atoms with van der Waals surface area (Å²) in [6.07, 6.45) is 3.60. The van der Waals surface area contributed by atoms with E-state index in [9.17, 15) is 0 Å². The molecule has 0 aliphatic rings. The van der Waals surface area contributed by atoms with Crippen LogP contribution in [0.2, 0.25) is 0 Å². The summed E-state index contributed by atoms with van der Waals surface area (Å²) in [6, 6.07) is 1.98. The summed E-state index contributed by atoms with van der Waals surface area (Å²) in [5.41, 5.74) is 0. The summed E-state index contributed by atoms with van der Waals surface area (Å²) < 4.78 is 1.80. The quantitative estimate of drug-likeness (QED) is 0.707. The second kappa shape index (κ2) is 3.53. The third kappa shape index (κ3) is 1.80. The van der Waals surface area contributed by atoms with Crippen LogP contribution in [-0.2, 0) is 0 Å². The van der Waals surface area contributed by atoms with Gasteiger partial charge < -0.3 is 5.11 Å². The van der Waals surface area contributed by atoms with Crippen molar-refractivity contribution in [2.75, 3.05) is 6.61 Å². The largest absolute Gasteiger partial charge is 0.394 e. The number of nitrogens with zero attached hydrogens (tertiary/aromatic N) is 2. The van der Waals surface area contributed by atoms with Crippen LogP contribution in [-0.4, -0.2) is 21.5 Å². The molecule has 0 radical (unpaired) electrons. The molecule has 0 saturated carbocycles. The first-order valence-corrected chi connectivity index (χ1v) is 3.85. The lowest BCUT2D eigenvalue weighted by Gasteiger charge is -2.18. The fourth-order valence-electron chi connectivity index (χ4n) is 1.08. The highest BCUT2D eigenvalue weighted by Crippen LogP contribution is 2.14. The third-order valence-corrected chi connectivity index (χ3v) is 1.82. The van der Waals surface area contributed by atoms with Gasteiger partial charge in [-0.1, -0.05) is 13.8 Å². The molecule has 11 heavy (non-hydrogen) atoms. The molecule has 0 aliphatic carbocycles. The van der Waals surface area contributed by atoms with Gasteiger partial charge in [0.05, 0.1) is 12.6 Å². The van der Waals surface area contributed by atoms with E-state index in [0.29, 0.717) is 5.92 Å². The standard InChI is InChI=1S/C8H14N2O/c1-7(2)8(6-11)10-5-3-4-9-10/h3-5,7-8,11H,6H2,1-2H3. The summed E-state index contributed by atoms with van der Waals surface area (Å²) >= 11 is 0. The van der Waals surface area contributed by atoms with E-state index in [0.717, 1.165) is 0 Å². The van der Waals surface area contributed by atoms with Crippen molar-refractivity contribution in [3.8, 4) is 0 Å². The number of hydrogen-bond acceptors (Lipinski definition) is 2. The number of aliphatic hydroxyl groups is 1. The summed E-state index contributed by atoms with van der Waals surface area (Å²) in [6.45, 7) is 4.30. The second-order valence-corrected chi connectivity index (χ2v) is 2.98. The van der Waals surface area contributed by atoms with Gasteiger partial charge in [-0.15, -0.1) is 0 Å². The third-order valence-electron chi connectivity index (χ3n) is 1.82. The van der Waals surface area contributed by atoms with E-state index >= 15 is 0 Å². The Bertz CT molecular complexity index is 194. The summed E-state index contributed by atoms with van der Waals surface area (Å²) in [4.78, 5) is 0. The molecule has 0 aromatic carbocycles. The molecule has 0 bridgehead atoms. The molecule has 1 heterocycles. The Balaban J connectivity index is 2.71. The van der Waals surface area contributed by atoms with Gasteiger partial charge in [0.25, 0.3) is 0 Å². The Labute approximate surface area is 66.7 Å². The number of aliphatic hydroxyl groups excluding tert-OH is 1. The molecule has 1 atom stereocenters. The lowest BCUT2D eigenvalue weighted by atomic mass is 10.1. The van der Waals surface area contributed by atoms with E-state index < -0.39 is 0 Å². The van der Waals surface area contributed by atoms with Crippen LogP contribution >= 0.6 is 0 Å². The average molecular weight is 154 g/mol. The Kier molecular flexibility index (Phi) is 2.65. The van der Waals surface area contributed by atoms with Gasteiger partial charge >= 0.3 is 0 Å². The molecule has 1 unspecified atom stereocenters. The maximum Gasteiger partial charge on any atom is 0.0772 e. The Morgan fingerprint density at radius 1 is 1.55 bits per heavy atom. The molecular formula is C8H14N2O. The fourth-order valence-corrected chi connectivity index (χ4v) is 1.08. The maximum atomic E-state index is 9.01. The smallest absolute Gasteiger partial charge is 0.0772 e. The van der Waals surface area contributed by atoms with Crippen molar-refractivity contribution >= 4 is 0 Å². The molecule has 1 aromatic heterocycles. The highest BCUT2D eigenvalue weighted by atomic mass is 16.3. The van der Waals surface area contributed by atoms with E-state index in [1.54, 1.807) is 10.9 Å². The van der Waals surface area contributed by atoms with Crippen LogP contribution in [0, 0.1) is 5.92 Å². The molecular weight excluding hydrogens is 140 g/mol. The molecule has 1 N–H and O–H groups in total. The van der Waals surface area contributed by atoms with Crippen LogP contribution in [0.25, 0.3) is 0 Å². The monoisotopic (exact) mass is 154 g/mol. The summed E-state index contributed by atoms with van der Waals surface area (Å²) in [5, 5.41) is 13.1. The van der Waals surface area contributed by atoms with Crippen LogP contribution in [0.1, 0.15) is 19.9 Å². The Morgan fingerprint density at radius 3 is 2.64 bits per heavy atom. The van der Waals surface area contributed by atoms with Crippen molar-refractivity contribution in [1.29, 1.82) is 0 Å². The lowest BCUT2D eigenvalue weighted by molar-refractivity contribution is 0.182. The number of rotatable bonds is 3. The van der Waals surface area contributed by atoms with Crippen molar-refractivity contribution < 1.29 is 5.11 Å². The molecule has 62 valence electrons. The number of aromatic nitrogens is 2. The van der Waals surface area contributed by atoms with Crippen molar-refractivity contribution in [2.45, 2.75) is 19.9 Å². The first kappa shape index (κ1) is 8.27. The predicted molar refractivity (Wildman–Crippen MR) is 43.2 cm³/mol. The zero-order valence-electron chi connectivity index (χ0n) is 6.94. The Morgan fingerprint density at radius 2 is 2.27 bits per heavy atom. The van der Waals surface area contributed by atoms with Crippen LogP contribution in [0.15, 0.2) is 18.5 Å². The first-order valence-electron chi connectivity index (χ1n) is 3.85. The molecule has 0 fully saturated rings. The van der Waals surface area contributed by atoms with Gasteiger partial charge in [0.15, 0.2) is 0 Å². The fraction of sp³-hybridized carbons (Fsp3) is 0.625. The minimum absolute atomic E-state index is 0.116. The van der Waals surface area contributed by atoms with Crippen molar-refractivity contribution in [2.24, 2.45) is 5.92 Å². The molecule has 3 nitrogen and oxygen atoms in total. The minimum atomic E-state index is 0.116. The van der Waals surface area contributed by atoms with Crippen molar-refractivity contribution in [3.63, 3.8) is 0 Å². The van der Waals surface area contributed by atoms with Gasteiger partial charge in [-0.2, -0.15) is 5.10 Å². The highest BCUT2D eigenvalue weighted by Gasteiger charge is 2.13. The van der Waals surface area contributed by atoms with E-state index in [2.05, 4.69) is 18.9 Å². The van der Waals surface area contributed by atoms with Gasteiger partial charge in [0.1, 0.15) is 0 Å². The lowest BCUT2D eigenvalue weighted by Crippen LogP contribution is -2.19. The van der Waals surface area contributed by atoms with Crippen LogP contribution < -0.4 is 0 Å². The van der Waals surface area contributed by atoms with E-state index in [1.807, 2.05) is 12.3 Å². The van der Waals surface area contributed by atoms with Crippen LogP contribution in [0.5, 0.6) is 0 Å². The topological polar surface area (TPSA) is 38.0 Å². The van der Waals surface area contributed by atoms with Crippen LogP contribution in [0.4, 0.5) is 0 Å². The SMILES string of the molecule is CC(C)C(CO)n1cccn1. The summed E-state index contributed by atoms with van der Waals surface area (Å²) in [7, 11) is 0. The normalized spacial score (nSPS) is 13.8. The first-order chi connectivity index (χ1) is 5.25. The second-order valence-electron chi connectivity index (χ2n) is 2.98. The predicted octanol–water partition coefficient (Wildman–Crippen LogP) is 1.07. The van der Waals surface area contributed by atoms with Crippen molar-refractivity contribution in [3.05, 3.63) is 18.5 Å². The zero-order chi connectivity index (χ0) is 8.27. The van der Waals surface area contributed by atoms with Gasteiger partial charge in [-0.25, -0.2) is 0 Å². The molecule has 0 amide bonds. The van der Waals surface area contributed by atoms with E-state index in [4.69, 9.17) is 5.11 Å². The molecule has 1 rings (SSSR count). The van der Waals surface area contributed by atoms with Gasteiger partial charge in [-0.3, -0.25) is 4.68 Å². The van der Waals surface area contributed by atoms with Gasteiger partial charge in [-0.05, 0) is 12.0 Å². The Hall–Kier alpha value is -0.830. The minimum Gasteiger partial charge on any atom is -0.394 e. The molecule has 0 aliphatic heterocycles. The highest BCUT2D eigenvalue weighted by molar-refractivity contribution is 4.82. The van der Waals surface area contributed by atoms with E-state index in [-0.39, 0.29) is 12.6 Å². The summed E-state index contributed by atoms with van der Waals surface area (Å²) in [5.74, 6) is 0.417. The van der Waals surface area contributed by atoms with Gasteiger partial charge in [0.2, 0.25) is 0 Å². The number of hydrogen-bond donors (Lipinski definition) is 1. The molecule has 0 spiro atoms. The average Bonchev–Trinajstić information content (AvgIpc) is 2.40. The maximum absolute atomic E-state index is 9.01. The van der Waals surface area contributed by atoms with E-state index in [1.165, 1.54) is 0 Å². The van der Waals surface area contributed by atoms with Gasteiger partial charge in [0, 0.05) is 12.4 Å². The molecule has 1 aromatic rings. The van der Waals surface area contributed by atoms with Crippen molar-refractivity contribution in [1.82, 2.24) is 9.78 Å². The van der Waals surface area contributed by atoms with Crippen LogP contribution in [0.3, 0.4) is 0 Å².